The number of nitrogens with zero attached hydrogens (tertiary/aromatic N) is 6. The molecule has 2 bridgehead atoms. The molecule has 5 unspecified atom stereocenters. The van der Waals surface area contributed by atoms with Crippen molar-refractivity contribution in [2.75, 3.05) is 36.5 Å². The second-order valence-corrected chi connectivity index (χ2v) is 27.0. The molecule has 0 aliphatic carbocycles. The van der Waals surface area contributed by atoms with Gasteiger partial charge in [0.25, 0.3) is 0 Å². The molecule has 4 saturated heterocycles. The van der Waals surface area contributed by atoms with Crippen molar-refractivity contribution < 1.29 is 37.7 Å². The number of amides is 2. The molecule has 2 aromatic heterocycles. The lowest BCUT2D eigenvalue weighted by molar-refractivity contribution is 0.0634. The molecule has 13 nitrogen and oxygen atoms in total. The minimum Gasteiger partial charge on any atom is -0.472 e. The Kier molecular flexibility index (Phi) is 11.8. The maximum atomic E-state index is 18.2. The van der Waals surface area contributed by atoms with Gasteiger partial charge in [-0.3, -0.25) is 15.1 Å². The van der Waals surface area contributed by atoms with Crippen molar-refractivity contribution in [3.8, 4) is 34.6 Å². The summed E-state index contributed by atoms with van der Waals surface area (Å²) in [6.07, 6.45) is -1.19. The van der Waals surface area contributed by atoms with E-state index in [1.807, 2.05) is 30.0 Å². The number of nitrogens with one attached hydrogen (secondary N) is 1. The summed E-state index contributed by atoms with van der Waals surface area (Å²) in [6.45, 7) is 26.1. The fraction of sp³-hybridized carbons (Fsp3) is 0.549. The Morgan fingerprint density at radius 1 is 1.04 bits per heavy atom. The molecule has 9 rings (SSSR count). The van der Waals surface area contributed by atoms with E-state index in [2.05, 4.69) is 69.8 Å². The largest absolute Gasteiger partial charge is 0.472 e. The van der Waals surface area contributed by atoms with Crippen LogP contribution in [0.4, 0.5) is 29.9 Å². The first kappa shape index (κ1) is 46.6. The minimum absolute atomic E-state index is 0.0602. The lowest BCUT2D eigenvalue weighted by atomic mass is 9.93. The number of hydrogen-bond acceptors (Lipinski definition) is 10. The molecule has 16 heteroatoms. The number of carbonyl (C=O) groups is 2. The van der Waals surface area contributed by atoms with Gasteiger partial charge in [0.1, 0.15) is 55.0 Å². The zero-order valence-electron chi connectivity index (χ0n) is 40.3. The predicted molar refractivity (Wildman–Crippen MR) is 259 cm³/mol. The number of carbonyl (C=O) groups excluding carboxylic acids is 1. The lowest BCUT2D eigenvalue weighted by Gasteiger charge is -2.47. The number of ether oxygens (including phenoxy) is 3. The van der Waals surface area contributed by atoms with Crippen molar-refractivity contribution >= 4 is 53.4 Å². The van der Waals surface area contributed by atoms with Crippen LogP contribution in [0.25, 0.3) is 32.9 Å². The molecular formula is C51H63F2N7O6Si. The van der Waals surface area contributed by atoms with Crippen LogP contribution in [0.3, 0.4) is 0 Å². The maximum absolute atomic E-state index is 18.2. The standard InChI is InChI=1S/C51H63F2N7O6Si/c1-27(2)67(28(3)4,29(5)6)20-19-32-13-12-14-35-37(54-48(61)66-50(9,10)11)17-16-36(39(32)35)42-41(53)43-40-45(57-47(56-43)64-26-51-21-30(7)23-58(51)24-33(52)22-51)59-25-34-15-18-38(60(34)49(62)63)44(59)31(8)65-46(40)55-42/h12-14,16-17,27-29,31,33-34,38,44H,7,15,18,21-26H2,1-6,8-11H3,(H,54,61)(H,62,63)/t31?,33-,34?,38?,44?,51?/m1/s1. The smallest absolute Gasteiger partial charge is 0.412 e. The number of alkyl halides is 1. The Morgan fingerprint density at radius 3 is 2.46 bits per heavy atom. The van der Waals surface area contributed by atoms with Crippen LogP contribution in [0.1, 0.15) is 100 Å². The van der Waals surface area contributed by atoms with Crippen LogP contribution in [0.2, 0.25) is 16.6 Å². The summed E-state index contributed by atoms with van der Waals surface area (Å²) in [5.41, 5.74) is 5.80. The van der Waals surface area contributed by atoms with E-state index >= 15 is 8.78 Å². The Hall–Kier alpha value is -5.53. The molecule has 4 fully saturated rings. The number of halogens is 2. The molecule has 0 radical (unpaired) electrons. The zero-order valence-corrected chi connectivity index (χ0v) is 41.3. The van der Waals surface area contributed by atoms with Gasteiger partial charge >= 0.3 is 18.2 Å². The molecule has 0 spiro atoms. The van der Waals surface area contributed by atoms with Gasteiger partial charge in [-0.1, -0.05) is 71.7 Å². The Labute approximate surface area is 392 Å². The molecule has 5 aliphatic rings. The third-order valence-electron chi connectivity index (χ3n) is 15.1. The van der Waals surface area contributed by atoms with Crippen molar-refractivity contribution in [1.29, 1.82) is 0 Å². The van der Waals surface area contributed by atoms with Gasteiger partial charge in [0.15, 0.2) is 5.82 Å². The molecule has 5 aliphatic heterocycles. The number of hydrogen-bond donors (Lipinski definition) is 2. The van der Waals surface area contributed by atoms with Crippen molar-refractivity contribution in [2.24, 2.45) is 0 Å². The van der Waals surface area contributed by atoms with Gasteiger partial charge in [0.2, 0.25) is 5.88 Å². The van der Waals surface area contributed by atoms with Gasteiger partial charge in [-0.2, -0.15) is 9.97 Å². The van der Waals surface area contributed by atoms with Crippen molar-refractivity contribution in [3.63, 3.8) is 0 Å². The molecule has 6 atom stereocenters. The molecule has 2 aromatic carbocycles. The van der Waals surface area contributed by atoms with Gasteiger partial charge in [0, 0.05) is 48.0 Å². The minimum atomic E-state index is -2.27. The zero-order chi connectivity index (χ0) is 48.1. The topological polar surface area (TPSA) is 142 Å². The van der Waals surface area contributed by atoms with Crippen LogP contribution in [0, 0.1) is 17.3 Å². The first-order valence-corrected chi connectivity index (χ1v) is 26.0. The van der Waals surface area contributed by atoms with E-state index in [9.17, 15) is 14.7 Å². The fourth-order valence-electron chi connectivity index (χ4n) is 12.4. The first-order valence-electron chi connectivity index (χ1n) is 23.8. The highest BCUT2D eigenvalue weighted by Gasteiger charge is 2.54. The van der Waals surface area contributed by atoms with E-state index in [1.165, 1.54) is 4.90 Å². The summed E-state index contributed by atoms with van der Waals surface area (Å²) in [4.78, 5) is 46.5. The maximum Gasteiger partial charge on any atom is 0.412 e. The second-order valence-electron chi connectivity index (χ2n) is 21.4. The Bertz CT molecular complexity index is 2730. The summed E-state index contributed by atoms with van der Waals surface area (Å²) in [5, 5.41) is 14.7. The molecule has 2 amide bonds. The molecule has 67 heavy (non-hydrogen) atoms. The number of benzene rings is 2. The highest BCUT2D eigenvalue weighted by atomic mass is 28.3. The summed E-state index contributed by atoms with van der Waals surface area (Å²) in [6, 6.07) is 7.76. The number of fused-ring (bicyclic) bond motifs is 7. The fourth-order valence-corrected chi connectivity index (χ4v) is 17.7. The van der Waals surface area contributed by atoms with E-state index in [0.29, 0.717) is 82.4 Å². The lowest BCUT2D eigenvalue weighted by Crippen LogP contribution is -2.64. The summed E-state index contributed by atoms with van der Waals surface area (Å²) >= 11 is 0. The number of rotatable bonds is 8. The first-order chi connectivity index (χ1) is 31.6. The average Bonchev–Trinajstić information content (AvgIpc) is 3.80. The highest BCUT2D eigenvalue weighted by Crippen LogP contribution is 2.49. The summed E-state index contributed by atoms with van der Waals surface area (Å²) in [5.74, 6) is 3.30. The van der Waals surface area contributed by atoms with E-state index in [0.717, 1.165) is 5.57 Å². The number of carboxylic acid groups (broad SMARTS) is 1. The predicted octanol–water partition coefficient (Wildman–Crippen LogP) is 10.5. The van der Waals surface area contributed by atoms with Crippen molar-refractivity contribution in [3.05, 3.63) is 53.9 Å². The quantitative estimate of drug-likeness (QED) is 0.0990. The number of pyridine rings is 1. The normalized spacial score (nSPS) is 24.8. The van der Waals surface area contributed by atoms with E-state index in [1.54, 1.807) is 32.9 Å². The number of piperazine rings is 1. The molecule has 0 saturated carbocycles. The van der Waals surface area contributed by atoms with Crippen LogP contribution in [0.15, 0.2) is 42.5 Å². The Balaban J connectivity index is 1.26. The second kappa shape index (κ2) is 16.9. The number of aromatic nitrogens is 3. The van der Waals surface area contributed by atoms with Gasteiger partial charge in [0.05, 0.1) is 29.4 Å². The third-order valence-corrected chi connectivity index (χ3v) is 21.3. The van der Waals surface area contributed by atoms with Crippen molar-refractivity contribution in [1.82, 2.24) is 24.8 Å². The van der Waals surface area contributed by atoms with E-state index in [4.69, 9.17) is 29.2 Å². The molecule has 2 N–H and O–H groups in total. The Morgan fingerprint density at radius 2 is 1.78 bits per heavy atom. The van der Waals surface area contributed by atoms with Gasteiger partial charge in [-0.15, -0.1) is 5.54 Å². The highest BCUT2D eigenvalue weighted by molar-refractivity contribution is 6.90. The van der Waals surface area contributed by atoms with Crippen LogP contribution in [0.5, 0.6) is 11.9 Å². The van der Waals surface area contributed by atoms with Crippen molar-refractivity contribution in [2.45, 2.75) is 153 Å². The molecule has 356 valence electrons. The van der Waals surface area contributed by atoms with Gasteiger partial charge in [-0.25, -0.2) is 23.4 Å². The third kappa shape index (κ3) is 7.93. The average molecular weight is 936 g/mol. The van der Waals surface area contributed by atoms with E-state index in [-0.39, 0.29) is 54.1 Å². The molecular weight excluding hydrogens is 873 g/mol. The van der Waals surface area contributed by atoms with Crippen LogP contribution in [-0.2, 0) is 4.74 Å². The van der Waals surface area contributed by atoms with Crippen LogP contribution >= 0.6 is 0 Å². The summed E-state index contributed by atoms with van der Waals surface area (Å²) in [7, 11) is -2.27. The van der Waals surface area contributed by atoms with Crippen LogP contribution < -0.4 is 19.7 Å². The van der Waals surface area contributed by atoms with E-state index < -0.39 is 61.6 Å². The monoisotopic (exact) mass is 935 g/mol. The summed E-state index contributed by atoms with van der Waals surface area (Å²) < 4.78 is 52.1. The van der Waals surface area contributed by atoms with Crippen LogP contribution in [-0.4, -0.2) is 118 Å². The molecule has 4 aromatic rings. The number of anilines is 2. The SMILES string of the molecule is C=C1CN2C[C@H](F)CC2(COc2nc3c4c(nc(-c5ccc(NC(=O)OC(C)(C)C)c6cccc(C#C[Si](C(C)C)(C(C)C)C(C)C)c56)c(F)c4n2)OC(C)C2C4CCC(CN32)N4C(=O)O)C1. The van der Waals surface area contributed by atoms with Gasteiger partial charge in [-0.05, 0) is 81.8 Å². The van der Waals surface area contributed by atoms with Gasteiger partial charge < -0.3 is 24.2 Å². The molecule has 7 heterocycles.